The lowest BCUT2D eigenvalue weighted by atomic mass is 10.2. The number of benzene rings is 1. The Morgan fingerprint density at radius 1 is 1.40 bits per heavy atom. The Labute approximate surface area is 92.1 Å². The highest BCUT2D eigenvalue weighted by molar-refractivity contribution is 7.80. The van der Waals surface area contributed by atoms with Gasteiger partial charge in [-0.25, -0.2) is 8.78 Å². The van der Waals surface area contributed by atoms with Crippen molar-refractivity contribution >= 4 is 18.5 Å². The van der Waals surface area contributed by atoms with Crippen molar-refractivity contribution in [2.75, 3.05) is 5.75 Å². The summed E-state index contributed by atoms with van der Waals surface area (Å²) in [5.74, 6) is -1.04. The maximum atomic E-state index is 13.1. The number of nitrogens with one attached hydrogen (secondary N) is 1. The SMILES string of the molecule is O=C(CCS)NCc1ccc(F)cc1F. The Balaban J connectivity index is 2.54. The van der Waals surface area contributed by atoms with E-state index in [-0.39, 0.29) is 24.4 Å². The first-order chi connectivity index (χ1) is 7.13. The average Bonchev–Trinajstić information content (AvgIpc) is 2.17. The highest BCUT2D eigenvalue weighted by Gasteiger charge is 2.05. The molecule has 0 atom stereocenters. The third-order valence-corrected chi connectivity index (χ3v) is 2.05. The second-order valence-corrected chi connectivity index (χ2v) is 3.43. The molecule has 0 radical (unpaired) electrons. The first-order valence-electron chi connectivity index (χ1n) is 4.45. The number of carbonyl (C=O) groups excluding carboxylic acids is 1. The molecule has 0 saturated heterocycles. The van der Waals surface area contributed by atoms with Crippen LogP contribution in [-0.4, -0.2) is 11.7 Å². The van der Waals surface area contributed by atoms with E-state index in [0.29, 0.717) is 5.75 Å². The number of amides is 1. The van der Waals surface area contributed by atoms with Crippen LogP contribution in [0.2, 0.25) is 0 Å². The van der Waals surface area contributed by atoms with Gasteiger partial charge in [-0.1, -0.05) is 6.07 Å². The van der Waals surface area contributed by atoms with Crippen LogP contribution in [0.4, 0.5) is 8.78 Å². The molecule has 0 unspecified atom stereocenters. The van der Waals surface area contributed by atoms with Crippen LogP contribution in [0.25, 0.3) is 0 Å². The van der Waals surface area contributed by atoms with E-state index in [2.05, 4.69) is 17.9 Å². The molecular formula is C10H11F2NOS. The number of hydrogen-bond donors (Lipinski definition) is 2. The molecule has 0 heterocycles. The average molecular weight is 231 g/mol. The van der Waals surface area contributed by atoms with Gasteiger partial charge in [-0.2, -0.15) is 12.6 Å². The summed E-state index contributed by atoms with van der Waals surface area (Å²) in [7, 11) is 0. The number of halogens is 2. The Bertz CT molecular complexity index is 357. The topological polar surface area (TPSA) is 29.1 Å². The van der Waals surface area contributed by atoms with Crippen molar-refractivity contribution in [3.63, 3.8) is 0 Å². The second kappa shape index (κ2) is 5.70. The zero-order valence-electron chi connectivity index (χ0n) is 7.96. The summed E-state index contributed by atoms with van der Waals surface area (Å²) >= 11 is 3.89. The third-order valence-electron chi connectivity index (χ3n) is 1.83. The Kier molecular flexibility index (Phi) is 4.55. The largest absolute Gasteiger partial charge is 0.352 e. The van der Waals surface area contributed by atoms with Crippen LogP contribution in [0.3, 0.4) is 0 Å². The van der Waals surface area contributed by atoms with Crippen molar-refractivity contribution in [3.8, 4) is 0 Å². The van der Waals surface area contributed by atoms with Gasteiger partial charge in [0.15, 0.2) is 0 Å². The van der Waals surface area contributed by atoms with Gasteiger partial charge in [-0.05, 0) is 11.8 Å². The highest BCUT2D eigenvalue weighted by Crippen LogP contribution is 2.08. The molecule has 0 bridgehead atoms. The van der Waals surface area contributed by atoms with E-state index in [1.807, 2.05) is 0 Å². The first-order valence-corrected chi connectivity index (χ1v) is 5.08. The zero-order chi connectivity index (χ0) is 11.3. The molecule has 1 rings (SSSR count). The summed E-state index contributed by atoms with van der Waals surface area (Å²) in [4.78, 5) is 11.0. The maximum absolute atomic E-state index is 13.1. The molecule has 1 N–H and O–H groups in total. The quantitative estimate of drug-likeness (QED) is 0.761. The molecule has 0 aliphatic heterocycles. The molecule has 1 aromatic carbocycles. The predicted molar refractivity (Wildman–Crippen MR) is 56.7 cm³/mol. The van der Waals surface area contributed by atoms with Gasteiger partial charge >= 0.3 is 0 Å². The minimum atomic E-state index is -0.652. The lowest BCUT2D eigenvalue weighted by Crippen LogP contribution is -2.23. The van der Waals surface area contributed by atoms with Gasteiger partial charge < -0.3 is 5.32 Å². The number of thiol groups is 1. The van der Waals surface area contributed by atoms with Crippen LogP contribution in [0.15, 0.2) is 18.2 Å². The van der Waals surface area contributed by atoms with E-state index in [1.54, 1.807) is 0 Å². The van der Waals surface area contributed by atoms with Crippen LogP contribution in [0.1, 0.15) is 12.0 Å². The van der Waals surface area contributed by atoms with E-state index < -0.39 is 11.6 Å². The molecule has 0 aliphatic rings. The molecule has 0 aliphatic carbocycles. The maximum Gasteiger partial charge on any atom is 0.221 e. The van der Waals surface area contributed by atoms with Gasteiger partial charge in [-0.15, -0.1) is 0 Å². The first kappa shape index (κ1) is 12.0. The van der Waals surface area contributed by atoms with Crippen molar-refractivity contribution < 1.29 is 13.6 Å². The fourth-order valence-electron chi connectivity index (χ4n) is 1.05. The Morgan fingerprint density at radius 2 is 2.13 bits per heavy atom. The van der Waals surface area contributed by atoms with Gasteiger partial charge in [0.05, 0.1) is 0 Å². The third kappa shape index (κ3) is 3.87. The van der Waals surface area contributed by atoms with Gasteiger partial charge in [0.2, 0.25) is 5.91 Å². The summed E-state index contributed by atoms with van der Waals surface area (Å²) in [6.07, 6.45) is 0.284. The van der Waals surface area contributed by atoms with Crippen molar-refractivity contribution in [1.29, 1.82) is 0 Å². The van der Waals surface area contributed by atoms with E-state index in [0.717, 1.165) is 12.1 Å². The standard InChI is InChI=1S/C10H11F2NOS/c11-8-2-1-7(9(12)5-8)6-13-10(14)3-4-15/h1-2,5,15H,3-4,6H2,(H,13,14). The minimum absolute atomic E-state index is 0.0682. The molecule has 0 aromatic heterocycles. The molecule has 82 valence electrons. The van der Waals surface area contributed by atoms with Crippen molar-refractivity contribution in [2.45, 2.75) is 13.0 Å². The Morgan fingerprint density at radius 3 is 2.73 bits per heavy atom. The van der Waals surface area contributed by atoms with Crippen molar-refractivity contribution in [2.24, 2.45) is 0 Å². The molecule has 1 amide bonds. The van der Waals surface area contributed by atoms with Gasteiger partial charge in [-0.3, -0.25) is 4.79 Å². The summed E-state index contributed by atoms with van der Waals surface area (Å²) in [5, 5.41) is 2.51. The number of rotatable bonds is 4. The van der Waals surface area contributed by atoms with E-state index in [4.69, 9.17) is 0 Å². The smallest absolute Gasteiger partial charge is 0.221 e. The van der Waals surface area contributed by atoms with Crippen LogP contribution in [0, 0.1) is 11.6 Å². The lowest BCUT2D eigenvalue weighted by molar-refractivity contribution is -0.120. The van der Waals surface area contributed by atoms with Crippen LogP contribution < -0.4 is 5.32 Å². The van der Waals surface area contributed by atoms with Crippen molar-refractivity contribution in [1.82, 2.24) is 5.32 Å². The van der Waals surface area contributed by atoms with Crippen LogP contribution in [-0.2, 0) is 11.3 Å². The van der Waals surface area contributed by atoms with E-state index in [9.17, 15) is 13.6 Å². The molecular weight excluding hydrogens is 220 g/mol. The molecule has 5 heteroatoms. The van der Waals surface area contributed by atoms with Crippen molar-refractivity contribution in [3.05, 3.63) is 35.4 Å². The van der Waals surface area contributed by atoms with Gasteiger partial charge in [0, 0.05) is 24.6 Å². The summed E-state index contributed by atoms with van der Waals surface area (Å²) in [6.45, 7) is 0.0682. The minimum Gasteiger partial charge on any atom is -0.352 e. The number of hydrogen-bond acceptors (Lipinski definition) is 2. The highest BCUT2D eigenvalue weighted by atomic mass is 32.1. The molecule has 2 nitrogen and oxygen atoms in total. The fourth-order valence-corrected chi connectivity index (χ4v) is 1.25. The Hall–Kier alpha value is -1.10. The van der Waals surface area contributed by atoms with E-state index in [1.165, 1.54) is 6.07 Å². The number of carbonyl (C=O) groups is 1. The van der Waals surface area contributed by atoms with Gasteiger partial charge in [0.25, 0.3) is 0 Å². The summed E-state index contributed by atoms with van der Waals surface area (Å²) < 4.78 is 25.6. The fraction of sp³-hybridized carbons (Fsp3) is 0.300. The second-order valence-electron chi connectivity index (χ2n) is 2.99. The zero-order valence-corrected chi connectivity index (χ0v) is 8.86. The molecule has 0 saturated carbocycles. The van der Waals surface area contributed by atoms with E-state index >= 15 is 0 Å². The molecule has 0 spiro atoms. The monoisotopic (exact) mass is 231 g/mol. The molecule has 0 fully saturated rings. The summed E-state index contributed by atoms with van der Waals surface area (Å²) in [6, 6.07) is 3.26. The normalized spacial score (nSPS) is 10.1. The van der Waals surface area contributed by atoms with Gasteiger partial charge in [0.1, 0.15) is 11.6 Å². The molecule has 15 heavy (non-hydrogen) atoms. The molecule has 1 aromatic rings. The predicted octanol–water partition coefficient (Wildman–Crippen LogP) is 1.90. The lowest BCUT2D eigenvalue weighted by Gasteiger charge is -2.05. The van der Waals surface area contributed by atoms with Crippen LogP contribution in [0.5, 0.6) is 0 Å². The summed E-state index contributed by atoms with van der Waals surface area (Å²) in [5.41, 5.74) is 0.268. The van der Waals surface area contributed by atoms with Crippen LogP contribution >= 0.6 is 12.6 Å².